The molecule has 4 aromatic rings. The highest BCUT2D eigenvalue weighted by Gasteiger charge is 2.18. The van der Waals surface area contributed by atoms with E-state index in [9.17, 15) is 0 Å². The van der Waals surface area contributed by atoms with E-state index in [1.165, 1.54) is 33.5 Å². The molecule has 0 fully saturated rings. The van der Waals surface area contributed by atoms with Crippen LogP contribution in [0.3, 0.4) is 0 Å². The Bertz CT molecular complexity index is 802. The molecule has 0 unspecified atom stereocenters. The van der Waals surface area contributed by atoms with Crippen LogP contribution in [0.5, 0.6) is 0 Å². The molecule has 0 aliphatic rings. The predicted molar refractivity (Wildman–Crippen MR) is 149 cm³/mol. The quantitative estimate of drug-likeness (QED) is 0.170. The van der Waals surface area contributed by atoms with Crippen molar-refractivity contribution < 1.29 is 0 Å². The SMILES string of the molecule is [P]I.c1ccc(P(CCP(c2ccccc2)c2ccccc2)c2ccccc2)cc1. The van der Waals surface area contributed by atoms with Crippen molar-refractivity contribution in [1.29, 1.82) is 0 Å². The second kappa shape index (κ2) is 13.3. The fourth-order valence-corrected chi connectivity index (χ4v) is 8.80. The second-order valence-electron chi connectivity index (χ2n) is 6.65. The second-order valence-corrected chi connectivity index (χ2v) is 11.3. The highest BCUT2D eigenvalue weighted by atomic mass is 127. The lowest BCUT2D eigenvalue weighted by molar-refractivity contribution is 1.51. The summed E-state index contributed by atoms with van der Waals surface area (Å²) in [4.78, 5) is 0. The lowest BCUT2D eigenvalue weighted by Gasteiger charge is -2.24. The van der Waals surface area contributed by atoms with Crippen molar-refractivity contribution in [2.24, 2.45) is 0 Å². The minimum Gasteiger partial charge on any atom is -0.0622 e. The number of hydrogen-bond acceptors (Lipinski definition) is 0. The summed E-state index contributed by atoms with van der Waals surface area (Å²) >= 11 is 1.84. The first-order chi connectivity index (χ1) is 14.9. The summed E-state index contributed by atoms with van der Waals surface area (Å²) in [6.07, 6.45) is 2.41. The summed E-state index contributed by atoms with van der Waals surface area (Å²) in [5.41, 5.74) is 0. The number of halogens is 1. The van der Waals surface area contributed by atoms with E-state index in [2.05, 4.69) is 128 Å². The van der Waals surface area contributed by atoms with Crippen LogP contribution in [0, 0.1) is 0 Å². The van der Waals surface area contributed by atoms with E-state index in [0.717, 1.165) is 0 Å². The van der Waals surface area contributed by atoms with Crippen molar-refractivity contribution in [3.63, 3.8) is 0 Å². The van der Waals surface area contributed by atoms with Crippen LogP contribution in [0.2, 0.25) is 0 Å². The molecule has 0 amide bonds. The highest BCUT2D eigenvalue weighted by molar-refractivity contribution is 14.2. The number of rotatable bonds is 7. The van der Waals surface area contributed by atoms with Gasteiger partial charge < -0.3 is 0 Å². The van der Waals surface area contributed by atoms with E-state index in [0.29, 0.717) is 0 Å². The Balaban J connectivity index is 0.00000124. The van der Waals surface area contributed by atoms with Gasteiger partial charge in [-0.1, -0.05) is 121 Å². The highest BCUT2D eigenvalue weighted by Crippen LogP contribution is 2.41. The standard InChI is InChI=1S/C26H24P2.IP/c1-5-13-23(14-6-1)27(24-15-7-2-8-16-24)21-22-28(25-17-9-3-10-18-25)26-19-11-4-12-20-26;1-2/h1-20H,21-22H2;. The molecule has 0 N–H and O–H groups in total. The lowest BCUT2D eigenvalue weighted by Crippen LogP contribution is -2.19. The molecule has 4 aromatic carbocycles. The maximum atomic E-state index is 3.50. The Morgan fingerprint density at radius 1 is 0.400 bits per heavy atom. The van der Waals surface area contributed by atoms with E-state index in [4.69, 9.17) is 0 Å². The molecule has 0 saturated carbocycles. The zero-order valence-electron chi connectivity index (χ0n) is 16.7. The van der Waals surface area contributed by atoms with Crippen LogP contribution in [0.1, 0.15) is 0 Å². The van der Waals surface area contributed by atoms with Gasteiger partial charge in [0.1, 0.15) is 0 Å². The zero-order chi connectivity index (χ0) is 21.0. The fraction of sp³-hybridized carbons (Fsp3) is 0.0769. The van der Waals surface area contributed by atoms with Crippen molar-refractivity contribution >= 4 is 66.0 Å². The van der Waals surface area contributed by atoms with Gasteiger partial charge in [-0.25, -0.2) is 0 Å². The Morgan fingerprint density at radius 3 is 0.800 bits per heavy atom. The molecule has 4 rings (SSSR count). The normalized spacial score (nSPS) is 10.5. The third-order valence-corrected chi connectivity index (χ3v) is 10.2. The summed E-state index contributed by atoms with van der Waals surface area (Å²) in [6, 6.07) is 44.2. The van der Waals surface area contributed by atoms with Crippen molar-refractivity contribution in [2.45, 2.75) is 0 Å². The lowest BCUT2D eigenvalue weighted by atomic mass is 10.4. The summed E-state index contributed by atoms with van der Waals surface area (Å²) < 4.78 is 0. The monoisotopic (exact) mass is 556 g/mol. The van der Waals surface area contributed by atoms with Crippen LogP contribution in [-0.4, -0.2) is 12.3 Å². The average Bonchev–Trinajstić information content (AvgIpc) is 2.85. The number of benzene rings is 4. The van der Waals surface area contributed by atoms with Crippen LogP contribution < -0.4 is 21.2 Å². The van der Waals surface area contributed by atoms with Gasteiger partial charge >= 0.3 is 0 Å². The topological polar surface area (TPSA) is 0 Å². The Kier molecular flexibility index (Phi) is 10.5. The van der Waals surface area contributed by atoms with Gasteiger partial charge in [0.2, 0.25) is 0 Å². The van der Waals surface area contributed by atoms with Crippen molar-refractivity contribution in [1.82, 2.24) is 0 Å². The maximum absolute atomic E-state index is 3.50. The van der Waals surface area contributed by atoms with Gasteiger partial charge in [0.15, 0.2) is 0 Å². The van der Waals surface area contributed by atoms with Crippen molar-refractivity contribution in [3.8, 4) is 0 Å². The van der Waals surface area contributed by atoms with Crippen molar-refractivity contribution in [3.05, 3.63) is 121 Å². The van der Waals surface area contributed by atoms with Crippen LogP contribution >= 0.6 is 44.8 Å². The smallest absolute Gasteiger partial charge is 0.0407 e. The minimum atomic E-state index is -0.348. The molecule has 0 aliphatic heterocycles. The van der Waals surface area contributed by atoms with E-state index in [-0.39, 0.29) is 15.8 Å². The molecule has 0 saturated heterocycles. The first kappa shape index (κ1) is 23.6. The average molecular weight is 556 g/mol. The molecular formula is C26H24IP3. The van der Waals surface area contributed by atoms with Crippen LogP contribution in [0.4, 0.5) is 0 Å². The molecule has 4 heteroatoms. The summed E-state index contributed by atoms with van der Waals surface area (Å²) in [5.74, 6) is 0. The molecule has 0 spiro atoms. The molecule has 30 heavy (non-hydrogen) atoms. The fourth-order valence-electron chi connectivity index (χ4n) is 3.45. The minimum absolute atomic E-state index is 0.348. The molecular weight excluding hydrogens is 532 g/mol. The van der Waals surface area contributed by atoms with E-state index >= 15 is 0 Å². The Labute approximate surface area is 198 Å². The third-order valence-electron chi connectivity index (χ3n) is 4.82. The van der Waals surface area contributed by atoms with Crippen LogP contribution in [0.25, 0.3) is 0 Å². The predicted octanol–water partition coefficient (Wildman–Crippen LogP) is 7.00. The zero-order valence-corrected chi connectivity index (χ0v) is 21.5. The van der Waals surface area contributed by atoms with Crippen LogP contribution in [0.15, 0.2) is 121 Å². The molecule has 150 valence electrons. The van der Waals surface area contributed by atoms with Gasteiger partial charge in [-0.3, -0.25) is 0 Å². The summed E-state index contributed by atoms with van der Waals surface area (Å²) in [6.45, 7) is 3.50. The molecule has 0 aliphatic carbocycles. The summed E-state index contributed by atoms with van der Waals surface area (Å²) in [5, 5.41) is 5.89. The Hall–Kier alpha value is -1.10. The first-order valence-corrected chi connectivity index (χ1v) is 16.1. The van der Waals surface area contributed by atoms with Gasteiger partial charge in [-0.15, -0.1) is 0 Å². The van der Waals surface area contributed by atoms with Gasteiger partial charge in [0.05, 0.1) is 0 Å². The molecule has 2 radical (unpaired) electrons. The molecule has 0 aromatic heterocycles. The maximum Gasteiger partial charge on any atom is 0.0407 e. The van der Waals surface area contributed by atoms with Gasteiger partial charge in [-0.05, 0) is 71.4 Å². The van der Waals surface area contributed by atoms with E-state index in [1.54, 1.807) is 0 Å². The van der Waals surface area contributed by atoms with E-state index < -0.39 is 0 Å². The summed E-state index contributed by atoms with van der Waals surface area (Å²) in [7, 11) is -0.696. The third kappa shape index (κ3) is 6.70. The first-order valence-electron chi connectivity index (χ1n) is 9.84. The molecule has 0 atom stereocenters. The molecule has 0 nitrogen and oxygen atoms in total. The largest absolute Gasteiger partial charge is 0.0622 e. The number of hydrogen-bond donors (Lipinski definition) is 0. The van der Waals surface area contributed by atoms with Crippen LogP contribution in [-0.2, 0) is 0 Å². The van der Waals surface area contributed by atoms with Crippen molar-refractivity contribution in [2.75, 3.05) is 12.3 Å². The van der Waals surface area contributed by atoms with E-state index in [1.807, 2.05) is 22.0 Å². The van der Waals surface area contributed by atoms with Gasteiger partial charge in [-0.2, -0.15) is 0 Å². The molecule has 0 bridgehead atoms. The van der Waals surface area contributed by atoms with Gasteiger partial charge in [0, 0.05) is 6.88 Å². The van der Waals surface area contributed by atoms with Gasteiger partial charge in [0.25, 0.3) is 0 Å². The Morgan fingerprint density at radius 2 is 0.600 bits per heavy atom. The molecule has 0 heterocycles.